The summed E-state index contributed by atoms with van der Waals surface area (Å²) >= 11 is 0. The zero-order valence-electron chi connectivity index (χ0n) is 11.8. The van der Waals surface area contributed by atoms with Crippen molar-refractivity contribution in [3.05, 3.63) is 59.9 Å². The zero-order chi connectivity index (χ0) is 14.4. The molecule has 4 heteroatoms. The molecule has 1 amide bonds. The maximum Gasteiger partial charge on any atom is 0.244 e. The van der Waals surface area contributed by atoms with Gasteiger partial charge in [0.1, 0.15) is 0 Å². The highest BCUT2D eigenvalue weighted by Crippen LogP contribution is 2.12. The molecular formula is C16H19N3O. The van der Waals surface area contributed by atoms with Gasteiger partial charge in [0.25, 0.3) is 0 Å². The van der Waals surface area contributed by atoms with Crippen molar-refractivity contribution in [1.29, 1.82) is 0 Å². The molecule has 0 aliphatic rings. The standard InChI is InChI=1S/C16H19N3O/c1-13(15-6-4-3-5-7-15)10-17-16(20)9-8-14-11-18-19(2)12-14/h3-9,11-13H,10H2,1-2H3,(H,17,20)/b9-8+/t13-/m1/s1. The molecule has 2 rings (SSSR count). The van der Waals surface area contributed by atoms with Crippen LogP contribution in [-0.2, 0) is 11.8 Å². The van der Waals surface area contributed by atoms with E-state index >= 15 is 0 Å². The second kappa shape index (κ2) is 6.70. The number of amides is 1. The minimum absolute atomic E-state index is 0.0864. The number of nitrogens with zero attached hydrogens (tertiary/aromatic N) is 2. The third-order valence-electron chi connectivity index (χ3n) is 3.10. The number of benzene rings is 1. The Morgan fingerprint density at radius 3 is 2.80 bits per heavy atom. The number of carbonyl (C=O) groups is 1. The minimum atomic E-state index is -0.0864. The van der Waals surface area contributed by atoms with Gasteiger partial charge in [0.05, 0.1) is 6.20 Å². The van der Waals surface area contributed by atoms with E-state index in [4.69, 9.17) is 0 Å². The summed E-state index contributed by atoms with van der Waals surface area (Å²) in [5.41, 5.74) is 2.14. The van der Waals surface area contributed by atoms with E-state index in [9.17, 15) is 4.79 Å². The molecule has 104 valence electrons. The Hall–Kier alpha value is -2.36. The Kier molecular flexibility index (Phi) is 4.71. The molecule has 2 aromatic rings. The smallest absolute Gasteiger partial charge is 0.244 e. The van der Waals surface area contributed by atoms with E-state index in [0.717, 1.165) is 5.56 Å². The molecule has 0 unspecified atom stereocenters. The SMILES string of the molecule is C[C@H](CNC(=O)/C=C/c1cnn(C)c1)c1ccccc1. The molecule has 0 fully saturated rings. The summed E-state index contributed by atoms with van der Waals surface area (Å²) < 4.78 is 1.70. The maximum absolute atomic E-state index is 11.7. The molecule has 20 heavy (non-hydrogen) atoms. The van der Waals surface area contributed by atoms with Gasteiger partial charge in [-0.2, -0.15) is 5.10 Å². The molecule has 0 aliphatic heterocycles. The topological polar surface area (TPSA) is 46.9 Å². The number of nitrogens with one attached hydrogen (secondary N) is 1. The van der Waals surface area contributed by atoms with Crippen LogP contribution in [0.2, 0.25) is 0 Å². The van der Waals surface area contributed by atoms with E-state index in [0.29, 0.717) is 12.5 Å². The number of hydrogen-bond acceptors (Lipinski definition) is 2. The fraction of sp³-hybridized carbons (Fsp3) is 0.250. The second-order valence-corrected chi connectivity index (χ2v) is 4.84. The van der Waals surface area contributed by atoms with Gasteiger partial charge in [-0.05, 0) is 17.6 Å². The van der Waals surface area contributed by atoms with Crippen LogP contribution in [0, 0.1) is 0 Å². The predicted molar refractivity (Wildman–Crippen MR) is 80.1 cm³/mol. The van der Waals surface area contributed by atoms with Crippen LogP contribution in [0.25, 0.3) is 6.08 Å². The molecule has 1 aromatic carbocycles. The Morgan fingerprint density at radius 2 is 2.15 bits per heavy atom. The van der Waals surface area contributed by atoms with Crippen LogP contribution in [0.4, 0.5) is 0 Å². The summed E-state index contributed by atoms with van der Waals surface area (Å²) in [5, 5.41) is 6.95. The summed E-state index contributed by atoms with van der Waals surface area (Å²) in [5.74, 6) is 0.212. The number of aromatic nitrogens is 2. The van der Waals surface area contributed by atoms with Crippen molar-refractivity contribution >= 4 is 12.0 Å². The molecule has 4 nitrogen and oxygen atoms in total. The monoisotopic (exact) mass is 269 g/mol. The average molecular weight is 269 g/mol. The van der Waals surface area contributed by atoms with Crippen molar-refractivity contribution in [3.63, 3.8) is 0 Å². The molecule has 1 heterocycles. The lowest BCUT2D eigenvalue weighted by atomic mass is 10.0. The second-order valence-electron chi connectivity index (χ2n) is 4.84. The predicted octanol–water partition coefficient (Wildman–Crippen LogP) is 2.35. The Labute approximate surface area is 119 Å². The largest absolute Gasteiger partial charge is 0.352 e. The lowest BCUT2D eigenvalue weighted by Crippen LogP contribution is -2.25. The van der Waals surface area contributed by atoms with Gasteiger partial charge in [0, 0.05) is 31.4 Å². The first-order valence-electron chi connectivity index (χ1n) is 6.64. The lowest BCUT2D eigenvalue weighted by molar-refractivity contribution is -0.116. The van der Waals surface area contributed by atoms with Gasteiger partial charge in [-0.25, -0.2) is 0 Å². The van der Waals surface area contributed by atoms with Gasteiger partial charge in [-0.3, -0.25) is 9.48 Å². The maximum atomic E-state index is 11.7. The number of hydrogen-bond donors (Lipinski definition) is 1. The van der Waals surface area contributed by atoms with E-state index in [2.05, 4.69) is 29.5 Å². The Bertz CT molecular complexity index is 587. The number of aryl methyl sites for hydroxylation is 1. The van der Waals surface area contributed by atoms with E-state index in [1.807, 2.05) is 31.4 Å². The summed E-state index contributed by atoms with van der Waals surface area (Å²) in [4.78, 5) is 11.7. The van der Waals surface area contributed by atoms with Crippen molar-refractivity contribution in [3.8, 4) is 0 Å². The van der Waals surface area contributed by atoms with Gasteiger partial charge in [-0.15, -0.1) is 0 Å². The molecule has 1 aromatic heterocycles. The fourth-order valence-corrected chi connectivity index (χ4v) is 1.91. The first-order chi connectivity index (χ1) is 9.65. The van der Waals surface area contributed by atoms with Crippen molar-refractivity contribution in [1.82, 2.24) is 15.1 Å². The first-order valence-corrected chi connectivity index (χ1v) is 6.64. The summed E-state index contributed by atoms with van der Waals surface area (Å²) in [6.45, 7) is 2.72. The van der Waals surface area contributed by atoms with Crippen LogP contribution in [-0.4, -0.2) is 22.2 Å². The van der Waals surface area contributed by atoms with Crippen LogP contribution in [0.5, 0.6) is 0 Å². The summed E-state index contributed by atoms with van der Waals surface area (Å²) in [7, 11) is 1.85. The molecule has 0 aliphatic carbocycles. The number of carbonyl (C=O) groups excluding carboxylic acids is 1. The third-order valence-corrected chi connectivity index (χ3v) is 3.10. The first kappa shape index (κ1) is 14.1. The molecule has 1 atom stereocenters. The van der Waals surface area contributed by atoms with E-state index in [1.54, 1.807) is 17.0 Å². The van der Waals surface area contributed by atoms with Crippen LogP contribution in [0.1, 0.15) is 24.0 Å². The normalized spacial score (nSPS) is 12.5. The van der Waals surface area contributed by atoms with Crippen LogP contribution in [0.3, 0.4) is 0 Å². The van der Waals surface area contributed by atoms with E-state index in [-0.39, 0.29) is 5.91 Å². The highest BCUT2D eigenvalue weighted by atomic mass is 16.1. The lowest BCUT2D eigenvalue weighted by Gasteiger charge is -2.11. The molecular weight excluding hydrogens is 250 g/mol. The molecule has 0 saturated carbocycles. The Morgan fingerprint density at radius 1 is 1.40 bits per heavy atom. The average Bonchev–Trinajstić information content (AvgIpc) is 2.89. The Balaban J connectivity index is 1.82. The van der Waals surface area contributed by atoms with Gasteiger partial charge >= 0.3 is 0 Å². The molecule has 0 saturated heterocycles. The molecule has 0 bridgehead atoms. The molecule has 1 N–H and O–H groups in total. The molecule has 0 radical (unpaired) electrons. The van der Waals surface area contributed by atoms with E-state index in [1.165, 1.54) is 11.6 Å². The van der Waals surface area contributed by atoms with Crippen LogP contribution >= 0.6 is 0 Å². The van der Waals surface area contributed by atoms with Crippen LogP contribution in [0.15, 0.2) is 48.8 Å². The van der Waals surface area contributed by atoms with Gasteiger partial charge in [0.15, 0.2) is 0 Å². The molecule has 0 spiro atoms. The quantitative estimate of drug-likeness (QED) is 0.847. The third kappa shape index (κ3) is 4.09. The number of rotatable bonds is 5. The van der Waals surface area contributed by atoms with Crippen molar-refractivity contribution in [2.24, 2.45) is 7.05 Å². The van der Waals surface area contributed by atoms with Gasteiger partial charge < -0.3 is 5.32 Å². The fourth-order valence-electron chi connectivity index (χ4n) is 1.91. The van der Waals surface area contributed by atoms with Gasteiger partial charge in [0.2, 0.25) is 5.91 Å². The van der Waals surface area contributed by atoms with Gasteiger partial charge in [-0.1, -0.05) is 37.3 Å². The summed E-state index contributed by atoms with van der Waals surface area (Å²) in [6.07, 6.45) is 6.87. The highest BCUT2D eigenvalue weighted by Gasteiger charge is 2.05. The highest BCUT2D eigenvalue weighted by molar-refractivity contribution is 5.91. The zero-order valence-corrected chi connectivity index (χ0v) is 11.8. The van der Waals surface area contributed by atoms with Crippen molar-refractivity contribution < 1.29 is 4.79 Å². The van der Waals surface area contributed by atoms with Crippen LogP contribution < -0.4 is 5.32 Å². The van der Waals surface area contributed by atoms with E-state index < -0.39 is 0 Å². The minimum Gasteiger partial charge on any atom is -0.352 e. The van der Waals surface area contributed by atoms with Crippen molar-refractivity contribution in [2.75, 3.05) is 6.54 Å². The summed E-state index contributed by atoms with van der Waals surface area (Å²) in [6, 6.07) is 10.2. The van der Waals surface area contributed by atoms with Crippen molar-refractivity contribution in [2.45, 2.75) is 12.8 Å².